The lowest BCUT2D eigenvalue weighted by atomic mass is 10.2. The van der Waals surface area contributed by atoms with Gasteiger partial charge in [-0.2, -0.15) is 13.2 Å². The van der Waals surface area contributed by atoms with Gasteiger partial charge in [0.05, 0.1) is 5.02 Å². The van der Waals surface area contributed by atoms with Crippen LogP contribution in [0.15, 0.2) is 18.2 Å². The van der Waals surface area contributed by atoms with Gasteiger partial charge in [-0.05, 0) is 31.5 Å². The topological polar surface area (TPSA) is 35.2 Å². The zero-order valence-electron chi connectivity index (χ0n) is 9.38. The molecule has 0 bridgehead atoms. The van der Waals surface area contributed by atoms with Crippen LogP contribution in [0.1, 0.15) is 12.5 Å². The second kappa shape index (κ2) is 5.14. The van der Waals surface area contributed by atoms with Crippen LogP contribution < -0.4 is 10.5 Å². The number of hydrogen-bond acceptors (Lipinski definition) is 2. The summed E-state index contributed by atoms with van der Waals surface area (Å²) >= 11 is 5.80. The normalized spacial score (nSPS) is 15.5. The van der Waals surface area contributed by atoms with Crippen LogP contribution in [0.3, 0.4) is 0 Å². The van der Waals surface area contributed by atoms with E-state index in [1.54, 1.807) is 13.0 Å². The van der Waals surface area contributed by atoms with E-state index in [-0.39, 0.29) is 10.8 Å². The molecule has 1 aromatic rings. The van der Waals surface area contributed by atoms with Gasteiger partial charge in [0.2, 0.25) is 6.10 Å². The van der Waals surface area contributed by atoms with E-state index in [0.29, 0.717) is 0 Å². The molecule has 0 amide bonds. The Hall–Kier alpha value is -0.940. The monoisotopic (exact) mass is 267 g/mol. The van der Waals surface area contributed by atoms with Crippen molar-refractivity contribution in [3.05, 3.63) is 28.8 Å². The summed E-state index contributed by atoms with van der Waals surface area (Å²) in [5.41, 5.74) is 6.10. The molecule has 17 heavy (non-hydrogen) atoms. The Balaban J connectivity index is 2.94. The molecule has 0 spiro atoms. The molecule has 2 N–H and O–H groups in total. The van der Waals surface area contributed by atoms with Gasteiger partial charge in [-0.1, -0.05) is 17.7 Å². The Labute approximate surface area is 103 Å². The molecule has 96 valence electrons. The molecule has 0 fully saturated rings. The summed E-state index contributed by atoms with van der Waals surface area (Å²) in [5, 5.41) is 0.139. The molecule has 1 aromatic carbocycles. The average molecular weight is 268 g/mol. The summed E-state index contributed by atoms with van der Waals surface area (Å²) in [5.74, 6) is -0.0168. The van der Waals surface area contributed by atoms with Gasteiger partial charge in [-0.15, -0.1) is 0 Å². The zero-order valence-corrected chi connectivity index (χ0v) is 10.1. The van der Waals surface area contributed by atoms with E-state index in [2.05, 4.69) is 0 Å². The molecule has 0 saturated heterocycles. The third kappa shape index (κ3) is 3.78. The molecule has 0 heterocycles. The van der Waals surface area contributed by atoms with Crippen LogP contribution in [0.4, 0.5) is 13.2 Å². The maximum Gasteiger partial charge on any atom is 0.426 e. The first-order valence-corrected chi connectivity index (χ1v) is 5.34. The maximum atomic E-state index is 12.6. The predicted molar refractivity (Wildman–Crippen MR) is 60.3 cm³/mol. The second-order valence-corrected chi connectivity index (χ2v) is 4.28. The molecule has 2 nitrogen and oxygen atoms in total. The minimum absolute atomic E-state index is 0.0168. The standard InChI is InChI=1S/C11H13ClF3NO/c1-6-3-4-9(8(12)5-6)17-10(7(2)16)11(13,14)15/h3-5,7,10H,16H2,1-2H3. The predicted octanol–water partition coefficient (Wildman–Crippen LogP) is 3.31. The lowest BCUT2D eigenvalue weighted by Crippen LogP contribution is -2.47. The number of halogens is 4. The van der Waals surface area contributed by atoms with Crippen molar-refractivity contribution in [3.63, 3.8) is 0 Å². The SMILES string of the molecule is Cc1ccc(OC(C(C)N)C(F)(F)F)c(Cl)c1. The molecule has 0 aliphatic rings. The van der Waals surface area contributed by atoms with Crippen molar-refractivity contribution in [3.8, 4) is 5.75 Å². The Morgan fingerprint density at radius 1 is 1.35 bits per heavy atom. The first-order chi connectivity index (χ1) is 7.71. The summed E-state index contributed by atoms with van der Waals surface area (Å²) in [6.45, 7) is 3.02. The third-order valence-electron chi connectivity index (χ3n) is 2.14. The Morgan fingerprint density at radius 3 is 2.35 bits per heavy atom. The smallest absolute Gasteiger partial charge is 0.426 e. The van der Waals surface area contributed by atoms with Gasteiger partial charge in [-0.25, -0.2) is 0 Å². The lowest BCUT2D eigenvalue weighted by molar-refractivity contribution is -0.199. The van der Waals surface area contributed by atoms with Crippen molar-refractivity contribution in [2.24, 2.45) is 5.73 Å². The molecule has 0 aliphatic heterocycles. The lowest BCUT2D eigenvalue weighted by Gasteiger charge is -2.25. The van der Waals surface area contributed by atoms with Crippen LogP contribution in [0.25, 0.3) is 0 Å². The molecule has 2 unspecified atom stereocenters. The maximum absolute atomic E-state index is 12.6. The van der Waals surface area contributed by atoms with Gasteiger partial charge < -0.3 is 10.5 Å². The number of benzene rings is 1. The highest BCUT2D eigenvalue weighted by molar-refractivity contribution is 6.32. The van der Waals surface area contributed by atoms with Gasteiger partial charge in [0.15, 0.2) is 0 Å². The number of alkyl halides is 3. The highest BCUT2D eigenvalue weighted by atomic mass is 35.5. The zero-order chi connectivity index (χ0) is 13.2. The second-order valence-electron chi connectivity index (χ2n) is 3.87. The number of hydrogen-bond donors (Lipinski definition) is 1. The summed E-state index contributed by atoms with van der Waals surface area (Å²) in [7, 11) is 0. The molecule has 1 rings (SSSR count). The number of ether oxygens (including phenoxy) is 1. The average Bonchev–Trinajstić information content (AvgIpc) is 2.13. The van der Waals surface area contributed by atoms with E-state index < -0.39 is 18.3 Å². The summed E-state index contributed by atoms with van der Waals surface area (Å²) in [6, 6.07) is 3.38. The van der Waals surface area contributed by atoms with Crippen LogP contribution in [0.2, 0.25) is 5.02 Å². The summed E-state index contributed by atoms with van der Waals surface area (Å²) in [6.07, 6.45) is -6.59. The Kier molecular flexibility index (Phi) is 4.27. The van der Waals surface area contributed by atoms with Crippen LogP contribution in [-0.2, 0) is 0 Å². The van der Waals surface area contributed by atoms with Crippen LogP contribution in [0.5, 0.6) is 5.75 Å². The molecule has 0 saturated carbocycles. The van der Waals surface area contributed by atoms with Gasteiger partial charge in [0.25, 0.3) is 0 Å². The van der Waals surface area contributed by atoms with E-state index in [9.17, 15) is 13.2 Å². The third-order valence-corrected chi connectivity index (χ3v) is 2.44. The minimum atomic E-state index is -4.53. The fourth-order valence-electron chi connectivity index (χ4n) is 1.31. The fourth-order valence-corrected chi connectivity index (χ4v) is 1.59. The van der Waals surface area contributed by atoms with Crippen LogP contribution in [-0.4, -0.2) is 18.3 Å². The molecule has 0 aliphatic carbocycles. The molecular formula is C11H13ClF3NO. The van der Waals surface area contributed by atoms with E-state index >= 15 is 0 Å². The van der Waals surface area contributed by atoms with E-state index in [1.165, 1.54) is 19.1 Å². The Bertz CT molecular complexity index is 393. The molecule has 6 heteroatoms. The number of nitrogens with two attached hydrogens (primary N) is 1. The first-order valence-electron chi connectivity index (χ1n) is 4.97. The van der Waals surface area contributed by atoms with E-state index in [0.717, 1.165) is 5.56 Å². The van der Waals surface area contributed by atoms with Gasteiger partial charge in [0, 0.05) is 6.04 Å². The minimum Gasteiger partial charge on any atom is -0.478 e. The molecular weight excluding hydrogens is 255 g/mol. The van der Waals surface area contributed by atoms with Crippen molar-refractivity contribution >= 4 is 11.6 Å². The van der Waals surface area contributed by atoms with Crippen molar-refractivity contribution in [1.82, 2.24) is 0 Å². The van der Waals surface area contributed by atoms with Crippen molar-refractivity contribution < 1.29 is 17.9 Å². The molecule has 0 radical (unpaired) electrons. The Morgan fingerprint density at radius 2 is 1.94 bits per heavy atom. The quantitative estimate of drug-likeness (QED) is 0.912. The van der Waals surface area contributed by atoms with Crippen molar-refractivity contribution in [2.75, 3.05) is 0 Å². The van der Waals surface area contributed by atoms with Crippen LogP contribution in [0, 0.1) is 6.92 Å². The highest BCUT2D eigenvalue weighted by Gasteiger charge is 2.44. The van der Waals surface area contributed by atoms with E-state index in [4.69, 9.17) is 22.1 Å². The van der Waals surface area contributed by atoms with E-state index in [1.807, 2.05) is 0 Å². The first kappa shape index (κ1) is 14.1. The molecule has 2 atom stereocenters. The summed E-state index contributed by atoms with van der Waals surface area (Å²) in [4.78, 5) is 0. The van der Waals surface area contributed by atoms with Crippen molar-refractivity contribution in [2.45, 2.75) is 32.2 Å². The van der Waals surface area contributed by atoms with Gasteiger partial charge in [-0.3, -0.25) is 0 Å². The number of aryl methyl sites for hydroxylation is 1. The highest BCUT2D eigenvalue weighted by Crippen LogP contribution is 2.31. The molecule has 0 aromatic heterocycles. The number of rotatable bonds is 3. The fraction of sp³-hybridized carbons (Fsp3) is 0.455. The summed E-state index contributed by atoms with van der Waals surface area (Å²) < 4.78 is 42.7. The van der Waals surface area contributed by atoms with Gasteiger partial charge >= 0.3 is 6.18 Å². The van der Waals surface area contributed by atoms with Crippen molar-refractivity contribution in [1.29, 1.82) is 0 Å². The largest absolute Gasteiger partial charge is 0.478 e. The van der Waals surface area contributed by atoms with Crippen LogP contribution >= 0.6 is 11.6 Å². The van der Waals surface area contributed by atoms with Gasteiger partial charge in [0.1, 0.15) is 5.75 Å².